The second-order valence-corrected chi connectivity index (χ2v) is 7.34. The zero-order chi connectivity index (χ0) is 15.1. The Kier molecular flexibility index (Phi) is 19.2. The Morgan fingerprint density at radius 2 is 1.00 bits per heavy atom. The summed E-state index contributed by atoms with van der Waals surface area (Å²) in [7, 11) is 4.67. The van der Waals surface area contributed by atoms with Crippen molar-refractivity contribution in [2.24, 2.45) is 0 Å². The number of hydrogen-bond donors (Lipinski definition) is 0. The third kappa shape index (κ3) is 18.5. The molecule has 0 aliphatic carbocycles. The molecule has 0 saturated carbocycles. The van der Waals surface area contributed by atoms with E-state index in [0.717, 1.165) is 16.8 Å². The van der Waals surface area contributed by atoms with Gasteiger partial charge in [-0.1, -0.05) is 64.7 Å². The van der Waals surface area contributed by atoms with Crippen LogP contribution in [0.5, 0.6) is 0 Å². The second-order valence-electron chi connectivity index (χ2n) is 6.96. The Labute approximate surface area is 145 Å². The van der Waals surface area contributed by atoms with E-state index < -0.39 is 0 Å². The molecule has 0 atom stereocenters. The largest absolute Gasteiger partial charge is 1.00 e. The van der Waals surface area contributed by atoms with Crippen molar-refractivity contribution in [2.75, 3.05) is 33.1 Å². The van der Waals surface area contributed by atoms with Crippen LogP contribution in [-0.2, 0) is 0 Å². The van der Waals surface area contributed by atoms with E-state index in [1.54, 1.807) is 0 Å². The lowest BCUT2D eigenvalue weighted by Crippen LogP contribution is -3.00. The summed E-state index contributed by atoms with van der Waals surface area (Å²) in [6, 6.07) is 0. The monoisotopic (exact) mass is 339 g/mol. The molecular weight excluding hydrogens is 301 g/mol. The Balaban J connectivity index is 0. The van der Waals surface area contributed by atoms with Gasteiger partial charge in [-0.25, -0.2) is 0 Å². The van der Waals surface area contributed by atoms with Gasteiger partial charge in [0.05, 0.1) is 27.2 Å². The van der Waals surface area contributed by atoms with Crippen molar-refractivity contribution in [3.63, 3.8) is 0 Å². The molecule has 0 unspecified atom stereocenters. The molecule has 0 spiro atoms. The Morgan fingerprint density at radius 1 is 0.619 bits per heavy atom. The van der Waals surface area contributed by atoms with E-state index in [9.17, 15) is 0 Å². The quantitative estimate of drug-likeness (QED) is 0.244. The average molecular weight is 340 g/mol. The summed E-state index contributed by atoms with van der Waals surface area (Å²) in [5, 5.41) is 0. The van der Waals surface area contributed by atoms with Gasteiger partial charge in [-0.2, -0.15) is 0 Å². The lowest BCUT2D eigenvalue weighted by Gasteiger charge is -2.29. The number of quaternary nitrogens is 1. The van der Waals surface area contributed by atoms with Crippen molar-refractivity contribution in [1.82, 2.24) is 0 Å². The summed E-state index contributed by atoms with van der Waals surface area (Å²) >= 11 is 5.77. The van der Waals surface area contributed by atoms with Gasteiger partial charge in [0.15, 0.2) is 0 Å². The van der Waals surface area contributed by atoms with E-state index in [0.29, 0.717) is 0 Å². The van der Waals surface area contributed by atoms with Gasteiger partial charge >= 0.3 is 0 Å². The van der Waals surface area contributed by atoms with Crippen LogP contribution in [0.2, 0.25) is 0 Å². The molecule has 21 heavy (non-hydrogen) atoms. The predicted molar refractivity (Wildman–Crippen MR) is 93.6 cm³/mol. The molecule has 0 rings (SSSR count). The highest BCUT2D eigenvalue weighted by molar-refractivity contribution is 6.17. The van der Waals surface area contributed by atoms with E-state index in [4.69, 9.17) is 11.6 Å². The minimum absolute atomic E-state index is 0. The first-order valence-corrected chi connectivity index (χ1v) is 9.54. The molecule has 3 heteroatoms. The average Bonchev–Trinajstić information content (AvgIpc) is 2.42. The molecule has 0 aromatic heterocycles. The zero-order valence-corrected chi connectivity index (χ0v) is 16.3. The maximum Gasteiger partial charge on any atom is 0.0794 e. The molecule has 0 amide bonds. The molecule has 0 aromatic carbocycles. The summed E-state index contributed by atoms with van der Waals surface area (Å²) in [5.41, 5.74) is 0. The fourth-order valence-corrected chi connectivity index (χ4v) is 2.92. The molecule has 130 valence electrons. The minimum atomic E-state index is 0. The molecule has 0 aromatic rings. The fraction of sp³-hybridized carbons (Fsp3) is 1.00. The van der Waals surface area contributed by atoms with Crippen molar-refractivity contribution in [3.05, 3.63) is 0 Å². The van der Waals surface area contributed by atoms with Crippen LogP contribution in [0.4, 0.5) is 0 Å². The molecule has 0 fully saturated rings. The molecule has 0 aliphatic heterocycles. The van der Waals surface area contributed by atoms with Gasteiger partial charge in [0.25, 0.3) is 0 Å². The van der Waals surface area contributed by atoms with Crippen LogP contribution < -0.4 is 12.4 Å². The van der Waals surface area contributed by atoms with E-state index >= 15 is 0 Å². The molecule has 0 radical (unpaired) electrons. The van der Waals surface area contributed by atoms with Gasteiger partial charge in [0, 0.05) is 12.3 Å². The number of hydrogen-bond acceptors (Lipinski definition) is 0. The zero-order valence-electron chi connectivity index (χ0n) is 14.8. The van der Waals surface area contributed by atoms with Crippen molar-refractivity contribution >= 4 is 11.6 Å². The third-order valence-electron chi connectivity index (χ3n) is 4.26. The number of halogens is 2. The molecule has 1 nitrogen and oxygen atoms in total. The highest BCUT2D eigenvalue weighted by Gasteiger charge is 2.12. The van der Waals surface area contributed by atoms with Crippen LogP contribution in [0.3, 0.4) is 0 Å². The Bertz CT molecular complexity index is 196. The number of alkyl halides is 1. The maximum atomic E-state index is 5.77. The summed E-state index contributed by atoms with van der Waals surface area (Å²) in [5.74, 6) is 0.805. The van der Waals surface area contributed by atoms with Crippen molar-refractivity contribution in [1.29, 1.82) is 0 Å². The summed E-state index contributed by atoms with van der Waals surface area (Å²) in [4.78, 5) is 0. The Morgan fingerprint density at radius 3 is 1.43 bits per heavy atom. The van der Waals surface area contributed by atoms with Crippen molar-refractivity contribution in [3.8, 4) is 0 Å². The predicted octanol–water partition coefficient (Wildman–Crippen LogP) is 3.01. The van der Waals surface area contributed by atoms with E-state index in [1.165, 1.54) is 83.7 Å². The van der Waals surface area contributed by atoms with Crippen LogP contribution in [0, 0.1) is 0 Å². The lowest BCUT2D eigenvalue weighted by molar-refractivity contribution is -0.890. The summed E-state index contributed by atoms with van der Waals surface area (Å²) < 4.78 is 1.14. The van der Waals surface area contributed by atoms with Crippen LogP contribution in [0.1, 0.15) is 84.0 Å². The first-order chi connectivity index (χ1) is 9.62. The SMILES string of the molecule is CCCCCCCCCCCCC[N+](C)(C)CCCCl.[Cl-]. The standard InChI is InChI=1S/C18H39ClN.ClH/c1-4-5-6-7-8-9-10-11-12-13-14-17-20(2,3)18-15-16-19;/h4-18H2,1-3H3;1H/q+1;/p-1. The number of unbranched alkanes of at least 4 members (excludes halogenated alkanes) is 10. The van der Waals surface area contributed by atoms with E-state index in [-0.39, 0.29) is 12.4 Å². The van der Waals surface area contributed by atoms with Crippen LogP contribution in [0.25, 0.3) is 0 Å². The van der Waals surface area contributed by atoms with Crippen LogP contribution in [-0.4, -0.2) is 37.5 Å². The molecular formula is C18H39Cl2N. The smallest absolute Gasteiger partial charge is 0.0794 e. The van der Waals surface area contributed by atoms with Crippen LogP contribution >= 0.6 is 11.6 Å². The van der Waals surface area contributed by atoms with Gasteiger partial charge in [-0.3, -0.25) is 0 Å². The minimum Gasteiger partial charge on any atom is -1.00 e. The topological polar surface area (TPSA) is 0 Å². The molecule has 0 saturated heterocycles. The molecule has 0 N–H and O–H groups in total. The number of rotatable bonds is 15. The van der Waals surface area contributed by atoms with Gasteiger partial charge in [-0.05, 0) is 12.8 Å². The van der Waals surface area contributed by atoms with Gasteiger partial charge in [0.2, 0.25) is 0 Å². The summed E-state index contributed by atoms with van der Waals surface area (Å²) in [6.07, 6.45) is 16.9. The normalized spacial score (nSPS) is 11.4. The van der Waals surface area contributed by atoms with Gasteiger partial charge < -0.3 is 16.9 Å². The Hall–Kier alpha value is 0.540. The fourth-order valence-electron chi connectivity index (χ4n) is 2.80. The molecule has 0 bridgehead atoms. The van der Waals surface area contributed by atoms with Crippen molar-refractivity contribution in [2.45, 2.75) is 84.0 Å². The number of nitrogens with zero attached hydrogens (tertiary/aromatic N) is 1. The van der Waals surface area contributed by atoms with Gasteiger partial charge in [0.1, 0.15) is 0 Å². The lowest BCUT2D eigenvalue weighted by atomic mass is 10.1. The first-order valence-electron chi connectivity index (χ1n) is 9.00. The van der Waals surface area contributed by atoms with Crippen LogP contribution in [0.15, 0.2) is 0 Å². The summed E-state index contributed by atoms with van der Waals surface area (Å²) in [6.45, 7) is 4.82. The molecule has 0 aliphatic rings. The second kappa shape index (κ2) is 16.9. The maximum absolute atomic E-state index is 5.77. The van der Waals surface area contributed by atoms with Crippen molar-refractivity contribution < 1.29 is 16.9 Å². The van der Waals surface area contributed by atoms with E-state index in [2.05, 4.69) is 21.0 Å². The van der Waals surface area contributed by atoms with E-state index in [1.807, 2.05) is 0 Å². The molecule has 0 heterocycles. The highest BCUT2D eigenvalue weighted by Crippen LogP contribution is 2.12. The van der Waals surface area contributed by atoms with Gasteiger partial charge in [-0.15, -0.1) is 11.6 Å². The third-order valence-corrected chi connectivity index (χ3v) is 4.53. The highest BCUT2D eigenvalue weighted by atomic mass is 35.5. The first kappa shape index (κ1) is 23.8.